The van der Waals surface area contributed by atoms with Crippen molar-refractivity contribution in [2.24, 2.45) is 5.73 Å². The molecule has 2 rings (SSSR count). The zero-order valence-electron chi connectivity index (χ0n) is 13.3. The van der Waals surface area contributed by atoms with E-state index < -0.39 is 22.6 Å². The van der Waals surface area contributed by atoms with Crippen LogP contribution < -0.4 is 15.8 Å². The van der Waals surface area contributed by atoms with Crippen LogP contribution in [0.5, 0.6) is 5.75 Å². The number of benzene rings is 1. The molecule has 0 bridgehead atoms. The molecule has 1 saturated heterocycles. The third-order valence-electron chi connectivity index (χ3n) is 4.12. The first-order valence-electron chi connectivity index (χ1n) is 7.04. The molecular weight excluding hydrogens is 268 g/mol. The summed E-state index contributed by atoms with van der Waals surface area (Å²) in [5.41, 5.74) is 4.46. The van der Waals surface area contributed by atoms with E-state index in [1.807, 2.05) is 52.0 Å². The first-order chi connectivity index (χ1) is 9.62. The first kappa shape index (κ1) is 15.6. The minimum absolute atomic E-state index is 0.408. The lowest BCUT2D eigenvalue weighted by molar-refractivity contribution is -0.129. The molecule has 5 nitrogen and oxygen atoms in total. The van der Waals surface area contributed by atoms with Gasteiger partial charge in [-0.05, 0) is 52.0 Å². The molecule has 0 saturated carbocycles. The molecule has 5 heteroatoms. The molecular formula is C16H24N2O3. The number of rotatable bonds is 4. The van der Waals surface area contributed by atoms with Crippen LogP contribution in [0.25, 0.3) is 0 Å². The average molecular weight is 292 g/mol. The van der Waals surface area contributed by atoms with E-state index in [0.29, 0.717) is 6.42 Å². The van der Waals surface area contributed by atoms with Gasteiger partial charge in [0.05, 0.1) is 18.3 Å². The van der Waals surface area contributed by atoms with Crippen molar-refractivity contribution in [1.82, 2.24) is 0 Å². The van der Waals surface area contributed by atoms with Crippen molar-refractivity contribution in [1.29, 1.82) is 0 Å². The van der Waals surface area contributed by atoms with Crippen LogP contribution in [0.4, 0.5) is 5.69 Å². The van der Waals surface area contributed by atoms with Gasteiger partial charge >= 0.3 is 0 Å². The van der Waals surface area contributed by atoms with Crippen molar-refractivity contribution >= 4 is 11.6 Å². The summed E-state index contributed by atoms with van der Waals surface area (Å²) in [6.45, 7) is 7.72. The minimum Gasteiger partial charge on any atom is -0.497 e. The molecule has 0 spiro atoms. The quantitative estimate of drug-likeness (QED) is 0.893. The summed E-state index contributed by atoms with van der Waals surface area (Å²) >= 11 is 0. The van der Waals surface area contributed by atoms with E-state index in [2.05, 4.69) is 5.32 Å². The van der Waals surface area contributed by atoms with Crippen LogP contribution in [0.2, 0.25) is 0 Å². The summed E-state index contributed by atoms with van der Waals surface area (Å²) in [4.78, 5) is 12.2. The van der Waals surface area contributed by atoms with Gasteiger partial charge in [-0.2, -0.15) is 0 Å². The first-order valence-corrected chi connectivity index (χ1v) is 7.04. The smallest absolute Gasteiger partial charge is 0.246 e. The van der Waals surface area contributed by atoms with E-state index in [9.17, 15) is 4.79 Å². The number of anilines is 1. The van der Waals surface area contributed by atoms with E-state index in [4.69, 9.17) is 15.2 Å². The maximum atomic E-state index is 12.2. The molecule has 0 aliphatic carbocycles. The fourth-order valence-electron chi connectivity index (χ4n) is 3.23. The van der Waals surface area contributed by atoms with Gasteiger partial charge in [-0.15, -0.1) is 0 Å². The lowest BCUT2D eigenvalue weighted by Crippen LogP contribution is -2.61. The summed E-state index contributed by atoms with van der Waals surface area (Å²) in [5, 5.41) is 3.30. The maximum absolute atomic E-state index is 12.2. The van der Waals surface area contributed by atoms with Crippen molar-refractivity contribution in [3.8, 4) is 5.75 Å². The number of hydrogen-bond donors (Lipinski definition) is 2. The van der Waals surface area contributed by atoms with Crippen molar-refractivity contribution in [2.75, 3.05) is 12.4 Å². The minimum atomic E-state index is -0.953. The normalized spacial score (nSPS) is 26.3. The Kier molecular flexibility index (Phi) is 3.66. The fourth-order valence-corrected chi connectivity index (χ4v) is 3.23. The van der Waals surface area contributed by atoms with Crippen molar-refractivity contribution in [3.05, 3.63) is 24.3 Å². The number of carbonyl (C=O) groups excluding carboxylic acids is 1. The Hall–Kier alpha value is -1.75. The number of nitrogens with one attached hydrogen (secondary N) is 1. The van der Waals surface area contributed by atoms with Crippen molar-refractivity contribution < 1.29 is 14.3 Å². The highest BCUT2D eigenvalue weighted by molar-refractivity contribution is 5.90. The second kappa shape index (κ2) is 4.91. The van der Waals surface area contributed by atoms with Gasteiger partial charge in [-0.3, -0.25) is 4.79 Å². The molecule has 1 atom stereocenters. The number of nitrogens with two attached hydrogens (primary N) is 1. The topological polar surface area (TPSA) is 73.6 Å². The van der Waals surface area contributed by atoms with E-state index in [-0.39, 0.29) is 0 Å². The van der Waals surface area contributed by atoms with Gasteiger partial charge in [0.2, 0.25) is 5.91 Å². The zero-order valence-corrected chi connectivity index (χ0v) is 13.3. The Morgan fingerprint density at radius 1 is 1.24 bits per heavy atom. The standard InChI is InChI=1S/C16H24N2O3/c1-14(2)10-16(13(17)19,15(3,4)21-14)18-11-6-8-12(20-5)9-7-11/h6-9,18H,10H2,1-5H3,(H2,17,19). The highest BCUT2D eigenvalue weighted by Crippen LogP contribution is 2.46. The predicted octanol–water partition coefficient (Wildman–Crippen LogP) is 2.31. The lowest BCUT2D eigenvalue weighted by atomic mass is 9.78. The number of methoxy groups -OCH3 is 1. The molecule has 3 N–H and O–H groups in total. The van der Waals surface area contributed by atoms with E-state index in [1.54, 1.807) is 7.11 Å². The second-order valence-electron chi connectivity index (χ2n) is 6.67. The van der Waals surface area contributed by atoms with Gasteiger partial charge < -0.3 is 20.5 Å². The molecule has 0 aromatic heterocycles. The molecule has 1 amide bonds. The van der Waals surface area contributed by atoms with E-state index in [1.165, 1.54) is 0 Å². The van der Waals surface area contributed by atoms with Crippen LogP contribution in [0, 0.1) is 0 Å². The van der Waals surface area contributed by atoms with Gasteiger partial charge in [0.1, 0.15) is 11.3 Å². The van der Waals surface area contributed by atoms with E-state index in [0.717, 1.165) is 11.4 Å². The van der Waals surface area contributed by atoms with Crippen LogP contribution in [0.3, 0.4) is 0 Å². The van der Waals surface area contributed by atoms with Gasteiger partial charge in [-0.25, -0.2) is 0 Å². The van der Waals surface area contributed by atoms with Crippen LogP contribution in [0.1, 0.15) is 34.1 Å². The summed E-state index contributed by atoms with van der Waals surface area (Å²) in [7, 11) is 1.61. The fraction of sp³-hybridized carbons (Fsp3) is 0.562. The second-order valence-corrected chi connectivity index (χ2v) is 6.67. The van der Waals surface area contributed by atoms with Crippen LogP contribution in [0.15, 0.2) is 24.3 Å². The molecule has 116 valence electrons. The Balaban J connectivity index is 2.37. The Morgan fingerprint density at radius 3 is 2.19 bits per heavy atom. The zero-order chi connectivity index (χ0) is 15.9. The number of ether oxygens (including phenoxy) is 2. The van der Waals surface area contributed by atoms with Crippen molar-refractivity contribution in [3.63, 3.8) is 0 Å². The average Bonchev–Trinajstić information content (AvgIpc) is 2.55. The third kappa shape index (κ3) is 2.70. The Bertz CT molecular complexity index is 537. The largest absolute Gasteiger partial charge is 0.497 e. The molecule has 1 aromatic carbocycles. The summed E-state index contributed by atoms with van der Waals surface area (Å²) in [6.07, 6.45) is 0.508. The highest BCUT2D eigenvalue weighted by atomic mass is 16.5. The van der Waals surface area contributed by atoms with Gasteiger partial charge in [0.25, 0.3) is 0 Å². The molecule has 21 heavy (non-hydrogen) atoms. The molecule has 1 fully saturated rings. The number of amides is 1. The summed E-state index contributed by atoms with van der Waals surface area (Å²) < 4.78 is 11.2. The number of carbonyl (C=O) groups is 1. The van der Waals surface area contributed by atoms with Gasteiger partial charge in [0.15, 0.2) is 0 Å². The van der Waals surface area contributed by atoms with E-state index >= 15 is 0 Å². The van der Waals surface area contributed by atoms with Crippen LogP contribution >= 0.6 is 0 Å². The molecule has 1 unspecified atom stereocenters. The maximum Gasteiger partial charge on any atom is 0.246 e. The molecule has 1 aromatic rings. The molecule has 1 aliphatic heterocycles. The Morgan fingerprint density at radius 2 is 1.81 bits per heavy atom. The van der Waals surface area contributed by atoms with Crippen molar-refractivity contribution in [2.45, 2.75) is 50.9 Å². The van der Waals surface area contributed by atoms with Crippen LogP contribution in [-0.4, -0.2) is 29.8 Å². The highest BCUT2D eigenvalue weighted by Gasteiger charge is 2.61. The lowest BCUT2D eigenvalue weighted by Gasteiger charge is -2.38. The third-order valence-corrected chi connectivity index (χ3v) is 4.12. The molecule has 1 aliphatic rings. The van der Waals surface area contributed by atoms with Gasteiger partial charge in [-0.1, -0.05) is 0 Å². The van der Waals surface area contributed by atoms with Crippen LogP contribution in [-0.2, 0) is 9.53 Å². The predicted molar refractivity (Wildman–Crippen MR) is 82.4 cm³/mol. The number of hydrogen-bond acceptors (Lipinski definition) is 4. The monoisotopic (exact) mass is 292 g/mol. The number of primary amides is 1. The molecule has 0 radical (unpaired) electrons. The molecule has 1 heterocycles. The summed E-state index contributed by atoms with van der Waals surface area (Å²) in [6, 6.07) is 7.41. The SMILES string of the molecule is COc1ccc(NC2(C(N)=O)CC(C)(C)OC2(C)C)cc1. The summed E-state index contributed by atoms with van der Waals surface area (Å²) in [5.74, 6) is 0.352. The van der Waals surface area contributed by atoms with Gasteiger partial charge in [0, 0.05) is 12.1 Å². The Labute approximate surface area is 125 Å².